The molecule has 0 spiro atoms. The largest absolute Gasteiger partial charge is 0.467 e. The fourth-order valence-electron chi connectivity index (χ4n) is 2.16. The van der Waals surface area contributed by atoms with Crippen molar-refractivity contribution < 1.29 is 14.3 Å². The van der Waals surface area contributed by atoms with Crippen molar-refractivity contribution in [2.45, 2.75) is 59.0 Å². The van der Waals surface area contributed by atoms with Crippen molar-refractivity contribution in [3.63, 3.8) is 0 Å². The second-order valence-corrected chi connectivity index (χ2v) is 8.20. The Balaban J connectivity index is 0. The summed E-state index contributed by atoms with van der Waals surface area (Å²) in [6.07, 6.45) is 8.92. The Bertz CT molecular complexity index is 446. The van der Waals surface area contributed by atoms with E-state index in [9.17, 15) is 9.59 Å². The van der Waals surface area contributed by atoms with Crippen molar-refractivity contribution in [2.24, 2.45) is 23.3 Å². The summed E-state index contributed by atoms with van der Waals surface area (Å²) in [6.45, 7) is 9.97. The molecule has 0 aliphatic heterocycles. The normalized spacial score (nSPS) is 14.1. The first kappa shape index (κ1) is 30.1. The predicted octanol–water partition coefficient (Wildman–Crippen LogP) is 1.91. The van der Waals surface area contributed by atoms with Crippen LogP contribution in [0.15, 0.2) is 12.2 Å². The molecule has 7 nitrogen and oxygen atoms in total. The molecule has 29 heavy (non-hydrogen) atoms. The molecule has 1 amide bonds. The van der Waals surface area contributed by atoms with Crippen LogP contribution in [0.3, 0.4) is 0 Å². The van der Waals surface area contributed by atoms with E-state index < -0.39 is 12.0 Å². The fraction of sp³-hybridized carbons (Fsp3) is 0.810. The van der Waals surface area contributed by atoms with Gasteiger partial charge in [-0.1, -0.05) is 52.7 Å². The molecule has 0 aliphatic rings. The molecule has 6 N–H and O–H groups in total. The summed E-state index contributed by atoms with van der Waals surface area (Å²) in [5.41, 5.74) is 11.2. The summed E-state index contributed by atoms with van der Waals surface area (Å²) in [5.74, 6) is -0.00589. The van der Waals surface area contributed by atoms with E-state index in [1.165, 1.54) is 20.0 Å². The molecule has 1 unspecified atom stereocenters. The van der Waals surface area contributed by atoms with Crippen LogP contribution >= 0.6 is 11.8 Å². The lowest BCUT2D eigenvalue weighted by atomic mass is 9.94. The zero-order chi connectivity index (χ0) is 22.7. The van der Waals surface area contributed by atoms with E-state index >= 15 is 0 Å². The highest BCUT2D eigenvalue weighted by Crippen LogP contribution is 2.14. The third-order valence-corrected chi connectivity index (χ3v) is 4.89. The Morgan fingerprint density at radius 1 is 1.21 bits per heavy atom. The Kier molecular flexibility index (Phi) is 21.0. The lowest BCUT2D eigenvalue weighted by molar-refractivity contribution is -0.145. The van der Waals surface area contributed by atoms with Crippen LogP contribution in [0.25, 0.3) is 0 Å². The van der Waals surface area contributed by atoms with Gasteiger partial charge in [-0.2, -0.15) is 11.8 Å². The highest BCUT2D eigenvalue weighted by atomic mass is 32.2. The van der Waals surface area contributed by atoms with E-state index in [1.807, 2.05) is 32.3 Å². The molecule has 0 aromatic carbocycles. The van der Waals surface area contributed by atoms with Gasteiger partial charge in [-0.25, -0.2) is 4.79 Å². The number of methoxy groups -OCH3 is 1. The molecule has 0 aliphatic carbocycles. The van der Waals surface area contributed by atoms with Gasteiger partial charge < -0.3 is 26.8 Å². The van der Waals surface area contributed by atoms with Crippen LogP contribution in [0.4, 0.5) is 0 Å². The Morgan fingerprint density at radius 2 is 1.83 bits per heavy atom. The highest BCUT2D eigenvalue weighted by Gasteiger charge is 2.26. The molecular weight excluding hydrogens is 388 g/mol. The number of amides is 1. The molecule has 0 bridgehead atoms. The first-order valence-corrected chi connectivity index (χ1v) is 11.9. The molecule has 0 fully saturated rings. The number of carbonyl (C=O) groups is 2. The number of hydrogen-bond acceptors (Lipinski definition) is 7. The Labute approximate surface area is 182 Å². The molecule has 0 saturated carbocycles. The average Bonchev–Trinajstić information content (AvgIpc) is 2.72. The lowest BCUT2D eigenvalue weighted by Gasteiger charge is -2.21. The summed E-state index contributed by atoms with van der Waals surface area (Å²) in [7, 11) is 1.33. The van der Waals surface area contributed by atoms with Crippen molar-refractivity contribution in [3.05, 3.63) is 12.2 Å². The summed E-state index contributed by atoms with van der Waals surface area (Å²) >= 11 is 1.62. The maximum Gasteiger partial charge on any atom is 0.328 e. The monoisotopic (exact) mass is 432 g/mol. The Hall–Kier alpha value is -1.09. The maximum absolute atomic E-state index is 12.6. The van der Waals surface area contributed by atoms with Gasteiger partial charge >= 0.3 is 5.97 Å². The van der Waals surface area contributed by atoms with Gasteiger partial charge in [0, 0.05) is 25.7 Å². The van der Waals surface area contributed by atoms with Crippen LogP contribution in [0.1, 0.15) is 47.0 Å². The van der Waals surface area contributed by atoms with Gasteiger partial charge in [-0.15, -0.1) is 0 Å². The van der Waals surface area contributed by atoms with Crippen molar-refractivity contribution in [2.75, 3.05) is 38.8 Å². The minimum absolute atomic E-state index is 0.0742. The average molecular weight is 433 g/mol. The number of ether oxygens (including phenoxy) is 1. The predicted molar refractivity (Wildman–Crippen MR) is 125 cm³/mol. The first-order valence-electron chi connectivity index (χ1n) is 10.5. The van der Waals surface area contributed by atoms with Gasteiger partial charge in [0.1, 0.15) is 6.04 Å². The number of nitrogens with two attached hydrogens (primary N) is 2. The van der Waals surface area contributed by atoms with Gasteiger partial charge in [-0.05, 0) is 24.3 Å². The molecule has 0 heterocycles. The van der Waals surface area contributed by atoms with Crippen molar-refractivity contribution in [1.82, 2.24) is 10.6 Å². The minimum atomic E-state index is -0.611. The third kappa shape index (κ3) is 16.4. The number of rotatable bonds is 14. The topological polar surface area (TPSA) is 119 Å². The van der Waals surface area contributed by atoms with Crippen molar-refractivity contribution >= 4 is 23.6 Å². The van der Waals surface area contributed by atoms with Crippen LogP contribution in [-0.2, 0) is 14.3 Å². The third-order valence-electron chi connectivity index (χ3n) is 4.25. The standard InChI is InChI=1S/C17H34N4O3S.C4H10/c1-12(2)14(6-5-8-20-11-13(19)10-18)16(22)21-15(7-9-25-4)17(23)24-3;1-3-4-2/h5-6,12-15,20H,7-11,18-19H2,1-4H3,(H,21,22);3-4H2,1-2H3/b6-5+;/t13-,14?,15-;/m0./s1. The van der Waals surface area contributed by atoms with E-state index in [0.717, 1.165) is 5.75 Å². The van der Waals surface area contributed by atoms with E-state index in [0.29, 0.717) is 26.1 Å². The zero-order valence-corrected chi connectivity index (χ0v) is 20.0. The second kappa shape index (κ2) is 20.2. The zero-order valence-electron chi connectivity index (χ0n) is 19.2. The van der Waals surface area contributed by atoms with Crippen LogP contribution in [0, 0.1) is 11.8 Å². The molecular formula is C21H44N4O3S. The molecule has 3 atom stereocenters. The maximum atomic E-state index is 12.6. The van der Waals surface area contributed by atoms with Crippen LogP contribution in [0.2, 0.25) is 0 Å². The van der Waals surface area contributed by atoms with Crippen molar-refractivity contribution in [3.8, 4) is 0 Å². The Morgan fingerprint density at radius 3 is 2.28 bits per heavy atom. The highest BCUT2D eigenvalue weighted by molar-refractivity contribution is 7.98. The number of thioether (sulfide) groups is 1. The van der Waals surface area contributed by atoms with Gasteiger partial charge in [0.05, 0.1) is 13.0 Å². The summed E-state index contributed by atoms with van der Waals surface area (Å²) < 4.78 is 4.78. The lowest BCUT2D eigenvalue weighted by Crippen LogP contribution is -2.45. The number of esters is 1. The van der Waals surface area contributed by atoms with Gasteiger partial charge in [0.25, 0.3) is 0 Å². The number of hydrogen-bond donors (Lipinski definition) is 4. The van der Waals surface area contributed by atoms with Gasteiger partial charge in [0.15, 0.2) is 0 Å². The van der Waals surface area contributed by atoms with E-state index in [4.69, 9.17) is 16.2 Å². The van der Waals surface area contributed by atoms with E-state index in [1.54, 1.807) is 11.8 Å². The minimum Gasteiger partial charge on any atom is -0.467 e. The molecule has 0 rings (SSSR count). The quantitative estimate of drug-likeness (QED) is 0.188. The van der Waals surface area contributed by atoms with Crippen LogP contribution in [-0.4, -0.2) is 62.7 Å². The second-order valence-electron chi connectivity index (χ2n) is 7.22. The molecule has 172 valence electrons. The molecule has 0 radical (unpaired) electrons. The van der Waals surface area contributed by atoms with E-state index in [2.05, 4.69) is 24.5 Å². The summed E-state index contributed by atoms with van der Waals surface area (Å²) in [5, 5.41) is 5.98. The van der Waals surface area contributed by atoms with Crippen LogP contribution < -0.4 is 22.1 Å². The fourth-order valence-corrected chi connectivity index (χ4v) is 2.63. The van der Waals surface area contributed by atoms with E-state index in [-0.39, 0.29) is 23.8 Å². The first-order chi connectivity index (χ1) is 13.8. The molecule has 8 heteroatoms. The van der Waals surface area contributed by atoms with Gasteiger partial charge in [0.2, 0.25) is 5.91 Å². The van der Waals surface area contributed by atoms with Gasteiger partial charge in [-0.3, -0.25) is 4.79 Å². The summed E-state index contributed by atoms with van der Waals surface area (Å²) in [6, 6.07) is -0.685. The molecule has 0 saturated heterocycles. The summed E-state index contributed by atoms with van der Waals surface area (Å²) in [4.78, 5) is 24.4. The number of nitrogens with one attached hydrogen (secondary N) is 2. The SMILES string of the molecule is CCCC.COC(=O)[C@H](CCSC)NC(=O)C(/C=C/CNC[C@@H](N)CN)C(C)C. The van der Waals surface area contributed by atoms with Crippen LogP contribution in [0.5, 0.6) is 0 Å². The number of carbonyl (C=O) groups excluding carboxylic acids is 2. The molecule has 0 aromatic heterocycles. The molecule has 0 aromatic rings. The van der Waals surface area contributed by atoms with Crippen molar-refractivity contribution in [1.29, 1.82) is 0 Å². The number of unbranched alkanes of at least 4 members (excludes halogenated alkanes) is 1. The smallest absolute Gasteiger partial charge is 0.328 e.